The number of rotatable bonds is 3. The van der Waals surface area contributed by atoms with E-state index >= 15 is 0 Å². The van der Waals surface area contributed by atoms with Gasteiger partial charge in [0.1, 0.15) is 0 Å². The largest absolute Gasteiger partial charge is 0.254 e. The summed E-state index contributed by atoms with van der Waals surface area (Å²) < 4.78 is 0. The monoisotopic (exact) mass is 638 g/mol. The van der Waals surface area contributed by atoms with Gasteiger partial charge in [-0.05, 0) is 128 Å². The second kappa shape index (κ2) is 10.7. The number of pyridine rings is 2. The van der Waals surface area contributed by atoms with Crippen molar-refractivity contribution >= 4 is 43.4 Å². The number of hydrogen-bond donors (Lipinski definition) is 0. The van der Waals surface area contributed by atoms with E-state index in [1.165, 1.54) is 99.1 Å². The van der Waals surface area contributed by atoms with Gasteiger partial charge in [-0.15, -0.1) is 0 Å². The number of fused-ring (bicyclic) bond motifs is 7. The summed E-state index contributed by atoms with van der Waals surface area (Å²) in [4.78, 5) is 10.1. The molecule has 2 heteroatoms. The van der Waals surface area contributed by atoms with Crippen molar-refractivity contribution in [3.63, 3.8) is 0 Å². The van der Waals surface area contributed by atoms with Crippen LogP contribution in [0.2, 0.25) is 0 Å². The third-order valence-electron chi connectivity index (χ3n) is 11.3. The third kappa shape index (κ3) is 4.15. The quantitative estimate of drug-likeness (QED) is 0.180. The van der Waals surface area contributed by atoms with E-state index in [-0.39, 0.29) is 0 Å². The van der Waals surface area contributed by atoms with Crippen LogP contribution >= 0.6 is 0 Å². The van der Waals surface area contributed by atoms with E-state index in [0.717, 1.165) is 22.3 Å². The Morgan fingerprint density at radius 2 is 1.02 bits per heavy atom. The Morgan fingerprint density at radius 1 is 0.400 bits per heavy atom. The average molecular weight is 639 g/mol. The Kier molecular flexibility index (Phi) is 6.17. The molecule has 1 aliphatic carbocycles. The highest BCUT2D eigenvalue weighted by molar-refractivity contribution is 6.19. The molecule has 0 radical (unpaired) electrons. The second-order valence-corrected chi connectivity index (χ2v) is 13.9. The van der Waals surface area contributed by atoms with Crippen molar-refractivity contribution in [2.45, 2.75) is 27.7 Å². The highest BCUT2D eigenvalue weighted by atomic mass is 14.8. The normalized spacial score (nSPS) is 12.0. The molecule has 2 nitrogen and oxygen atoms in total. The summed E-state index contributed by atoms with van der Waals surface area (Å²) in [7, 11) is 0. The summed E-state index contributed by atoms with van der Waals surface area (Å²) in [5.74, 6) is 0. The molecule has 9 aromatic rings. The molecule has 7 aromatic carbocycles. The number of aryl methyl sites for hydroxylation is 3. The van der Waals surface area contributed by atoms with Crippen LogP contribution in [0.1, 0.15) is 22.3 Å². The molecule has 0 unspecified atom stereocenters. The van der Waals surface area contributed by atoms with E-state index in [9.17, 15) is 0 Å². The van der Waals surface area contributed by atoms with E-state index < -0.39 is 0 Å². The van der Waals surface area contributed by atoms with Crippen LogP contribution in [0.4, 0.5) is 0 Å². The Morgan fingerprint density at radius 3 is 1.80 bits per heavy atom. The van der Waals surface area contributed by atoms with Gasteiger partial charge in [0.05, 0.1) is 16.7 Å². The lowest BCUT2D eigenvalue weighted by Crippen LogP contribution is -1.97. The van der Waals surface area contributed by atoms with Gasteiger partial charge in [0.15, 0.2) is 0 Å². The molecule has 236 valence electrons. The van der Waals surface area contributed by atoms with Gasteiger partial charge >= 0.3 is 0 Å². The summed E-state index contributed by atoms with van der Waals surface area (Å²) in [6.07, 6.45) is 1.97. The minimum Gasteiger partial charge on any atom is -0.254 e. The van der Waals surface area contributed by atoms with E-state index in [1.807, 2.05) is 6.20 Å². The van der Waals surface area contributed by atoms with Crippen LogP contribution < -0.4 is 0 Å². The maximum Gasteiger partial charge on any atom is 0.0975 e. The first-order valence-electron chi connectivity index (χ1n) is 17.4. The number of nitrogens with zero attached hydrogens (tertiary/aromatic N) is 2. The molecule has 0 saturated heterocycles. The van der Waals surface area contributed by atoms with Crippen molar-refractivity contribution in [1.29, 1.82) is 0 Å². The lowest BCUT2D eigenvalue weighted by atomic mass is 9.92. The molecule has 0 atom stereocenters. The first-order chi connectivity index (χ1) is 24.4. The SMILES string of the molecule is Cc1cnc2c(ccc3c(C)c(C)c(-c4ccc(-c5ccc6ccc(-c7ccc8c9c(cccc79)-c7ccccc7-8)cc6c5)cc4)nc32)c1C. The zero-order chi connectivity index (χ0) is 33.7. The lowest BCUT2D eigenvalue weighted by Gasteiger charge is -2.15. The van der Waals surface area contributed by atoms with Crippen molar-refractivity contribution in [3.8, 4) is 55.8 Å². The minimum atomic E-state index is 0.975. The number of aromatic nitrogens is 2. The average Bonchev–Trinajstić information content (AvgIpc) is 3.49. The van der Waals surface area contributed by atoms with Crippen LogP contribution in [0.5, 0.6) is 0 Å². The predicted octanol–water partition coefficient (Wildman–Crippen LogP) is 13.0. The van der Waals surface area contributed by atoms with Gasteiger partial charge in [-0.1, -0.05) is 115 Å². The Hall–Kier alpha value is -6.12. The molecule has 0 N–H and O–H groups in total. The molecule has 1 aliphatic rings. The van der Waals surface area contributed by atoms with Crippen molar-refractivity contribution in [1.82, 2.24) is 9.97 Å². The highest BCUT2D eigenvalue weighted by Crippen LogP contribution is 2.49. The van der Waals surface area contributed by atoms with E-state index in [2.05, 4.69) is 155 Å². The van der Waals surface area contributed by atoms with Gasteiger partial charge in [0.25, 0.3) is 0 Å². The van der Waals surface area contributed by atoms with Gasteiger partial charge in [-0.2, -0.15) is 0 Å². The fourth-order valence-electron chi connectivity index (χ4n) is 8.23. The summed E-state index contributed by atoms with van der Waals surface area (Å²) in [6, 6.07) is 47.1. The molecule has 2 heterocycles. The van der Waals surface area contributed by atoms with Crippen molar-refractivity contribution in [2.24, 2.45) is 0 Å². The molecular weight excluding hydrogens is 605 g/mol. The van der Waals surface area contributed by atoms with Crippen LogP contribution in [0.15, 0.2) is 134 Å². The molecule has 0 bridgehead atoms. The number of benzene rings is 7. The van der Waals surface area contributed by atoms with Crippen LogP contribution in [0, 0.1) is 27.7 Å². The molecule has 2 aromatic heterocycles. The first kappa shape index (κ1) is 28.9. The van der Waals surface area contributed by atoms with E-state index in [4.69, 9.17) is 9.97 Å². The molecule has 0 aliphatic heterocycles. The second-order valence-electron chi connectivity index (χ2n) is 13.9. The van der Waals surface area contributed by atoms with Crippen LogP contribution in [0.3, 0.4) is 0 Å². The fraction of sp³-hybridized carbons (Fsp3) is 0.0833. The van der Waals surface area contributed by atoms with Crippen LogP contribution in [0.25, 0.3) is 99.1 Å². The molecule has 0 amide bonds. The predicted molar refractivity (Wildman–Crippen MR) is 212 cm³/mol. The van der Waals surface area contributed by atoms with Crippen LogP contribution in [-0.4, -0.2) is 9.97 Å². The molecule has 50 heavy (non-hydrogen) atoms. The maximum absolute atomic E-state index is 5.27. The van der Waals surface area contributed by atoms with E-state index in [0.29, 0.717) is 0 Å². The zero-order valence-electron chi connectivity index (χ0n) is 28.6. The molecule has 0 fully saturated rings. The molecule has 0 spiro atoms. The van der Waals surface area contributed by atoms with Crippen molar-refractivity contribution in [3.05, 3.63) is 156 Å². The highest BCUT2D eigenvalue weighted by Gasteiger charge is 2.22. The summed E-state index contributed by atoms with van der Waals surface area (Å²) >= 11 is 0. The summed E-state index contributed by atoms with van der Waals surface area (Å²) in [5, 5.41) is 7.50. The smallest absolute Gasteiger partial charge is 0.0975 e. The van der Waals surface area contributed by atoms with Gasteiger partial charge < -0.3 is 0 Å². The third-order valence-corrected chi connectivity index (χ3v) is 11.3. The summed E-state index contributed by atoms with van der Waals surface area (Å²) in [6.45, 7) is 8.68. The first-order valence-corrected chi connectivity index (χ1v) is 17.4. The maximum atomic E-state index is 5.27. The zero-order valence-corrected chi connectivity index (χ0v) is 28.6. The van der Waals surface area contributed by atoms with Gasteiger partial charge in [-0.25, -0.2) is 4.98 Å². The number of hydrogen-bond acceptors (Lipinski definition) is 2. The Balaban J connectivity index is 1.04. The molecule has 0 saturated carbocycles. The van der Waals surface area contributed by atoms with Gasteiger partial charge in [0.2, 0.25) is 0 Å². The topological polar surface area (TPSA) is 25.8 Å². The lowest BCUT2D eigenvalue weighted by molar-refractivity contribution is 1.25. The van der Waals surface area contributed by atoms with Crippen molar-refractivity contribution < 1.29 is 0 Å². The summed E-state index contributed by atoms with van der Waals surface area (Å²) in [5.41, 5.74) is 19.3. The van der Waals surface area contributed by atoms with E-state index in [1.54, 1.807) is 0 Å². The Bertz CT molecular complexity index is 2870. The molecule has 10 rings (SSSR count). The van der Waals surface area contributed by atoms with Crippen LogP contribution in [-0.2, 0) is 0 Å². The van der Waals surface area contributed by atoms with Gasteiger partial charge in [0, 0.05) is 22.5 Å². The van der Waals surface area contributed by atoms with Crippen molar-refractivity contribution in [2.75, 3.05) is 0 Å². The molecular formula is C48H34N2. The standard InChI is InChI=1S/C48H34N2/c1-27-26-49-47-37(28(27)2)20-21-38-29(3)30(4)46(50-48(38)47)33-16-12-31(13-17-33)34-18-14-32-15-19-35(25-36(32)24-34)39-22-23-44-41-9-6-5-8-40(41)43-11-7-10-42(39)45(43)44/h5-26H,1-4H3. The minimum absolute atomic E-state index is 0.975. The Labute approximate surface area is 291 Å². The van der Waals surface area contributed by atoms with Gasteiger partial charge in [-0.3, -0.25) is 4.98 Å². The fourth-order valence-corrected chi connectivity index (χ4v) is 8.23.